The van der Waals surface area contributed by atoms with Crippen LogP contribution < -0.4 is 0 Å². The zero-order valence-electron chi connectivity index (χ0n) is 10.8. The molecule has 2 rings (SSSR count). The average Bonchev–Trinajstić information content (AvgIpc) is 2.93. The van der Waals surface area contributed by atoms with E-state index in [9.17, 15) is 0 Å². The van der Waals surface area contributed by atoms with Crippen LogP contribution in [0.25, 0.3) is 11.3 Å². The molecule has 0 saturated carbocycles. The quantitative estimate of drug-likeness (QED) is 0.721. The van der Waals surface area contributed by atoms with E-state index in [2.05, 4.69) is 0 Å². The fourth-order valence-corrected chi connectivity index (χ4v) is 1.79. The largest absolute Gasteiger partial charge is 0.464 e. The number of hydrogen-bond acceptors (Lipinski definition) is 3. The molecule has 2 aromatic rings. The lowest BCUT2D eigenvalue weighted by atomic mass is 10.1. The molecule has 1 heterocycles. The Morgan fingerprint density at radius 1 is 1.00 bits per heavy atom. The van der Waals surface area contributed by atoms with Crippen molar-refractivity contribution in [2.24, 2.45) is 0 Å². The predicted octanol–water partition coefficient (Wildman–Crippen LogP) is 4.02. The summed E-state index contributed by atoms with van der Waals surface area (Å²) in [5, 5.41) is 0. The molecule has 96 valence electrons. The summed E-state index contributed by atoms with van der Waals surface area (Å²) in [4.78, 5) is 0. The van der Waals surface area contributed by atoms with Gasteiger partial charge in [-0.1, -0.05) is 24.3 Å². The first-order chi connectivity index (χ1) is 8.85. The summed E-state index contributed by atoms with van der Waals surface area (Å²) in [6, 6.07) is 11.9. The third-order valence-electron chi connectivity index (χ3n) is 2.62. The number of hydrogen-bond donors (Lipinski definition) is 0. The van der Waals surface area contributed by atoms with Crippen molar-refractivity contribution < 1.29 is 13.9 Å². The maximum atomic E-state index is 5.55. The van der Waals surface area contributed by atoms with Crippen LogP contribution in [0.3, 0.4) is 0 Å². The Kier molecular flexibility index (Phi) is 4.56. The second kappa shape index (κ2) is 6.38. The molecule has 0 aliphatic heterocycles. The molecule has 0 N–H and O–H groups in total. The van der Waals surface area contributed by atoms with E-state index >= 15 is 0 Å². The standard InChI is InChI=1S/C15H18O3/c1-3-16-15(17-4-2)13-9-7-12(8-10-13)14-6-5-11-18-14/h5-11,15H,3-4H2,1-2H3. The average molecular weight is 246 g/mol. The summed E-state index contributed by atoms with van der Waals surface area (Å²) in [7, 11) is 0. The highest BCUT2D eigenvalue weighted by atomic mass is 16.7. The molecule has 1 aromatic carbocycles. The maximum Gasteiger partial charge on any atom is 0.183 e. The molecule has 0 radical (unpaired) electrons. The van der Waals surface area contributed by atoms with Gasteiger partial charge in [0.05, 0.1) is 6.26 Å². The van der Waals surface area contributed by atoms with E-state index in [1.54, 1.807) is 6.26 Å². The molecule has 1 aromatic heterocycles. The third-order valence-corrected chi connectivity index (χ3v) is 2.62. The number of rotatable bonds is 6. The smallest absolute Gasteiger partial charge is 0.183 e. The topological polar surface area (TPSA) is 31.6 Å². The first-order valence-corrected chi connectivity index (χ1v) is 6.22. The van der Waals surface area contributed by atoms with Crippen LogP contribution in [0.5, 0.6) is 0 Å². The van der Waals surface area contributed by atoms with Crippen molar-refractivity contribution in [3.05, 3.63) is 48.2 Å². The fourth-order valence-electron chi connectivity index (χ4n) is 1.79. The van der Waals surface area contributed by atoms with E-state index < -0.39 is 0 Å². The maximum absolute atomic E-state index is 5.55. The van der Waals surface area contributed by atoms with Crippen LogP contribution in [0, 0.1) is 0 Å². The van der Waals surface area contributed by atoms with Gasteiger partial charge in [0.15, 0.2) is 6.29 Å². The third kappa shape index (κ3) is 3.00. The van der Waals surface area contributed by atoms with Crippen LogP contribution in [0.15, 0.2) is 47.1 Å². The SMILES string of the molecule is CCOC(OCC)c1ccc(-c2ccco2)cc1. The normalized spacial score (nSPS) is 11.1. The van der Waals surface area contributed by atoms with Gasteiger partial charge in [-0.25, -0.2) is 0 Å². The van der Waals surface area contributed by atoms with E-state index in [1.807, 2.05) is 50.2 Å². The molecule has 0 aliphatic rings. The monoisotopic (exact) mass is 246 g/mol. The first kappa shape index (κ1) is 12.9. The van der Waals surface area contributed by atoms with Gasteiger partial charge in [0.2, 0.25) is 0 Å². The lowest BCUT2D eigenvalue weighted by Crippen LogP contribution is -2.08. The molecule has 0 bridgehead atoms. The van der Waals surface area contributed by atoms with Crippen molar-refractivity contribution in [3.63, 3.8) is 0 Å². The zero-order chi connectivity index (χ0) is 12.8. The zero-order valence-corrected chi connectivity index (χ0v) is 10.8. The molecule has 0 saturated heterocycles. The highest BCUT2D eigenvalue weighted by molar-refractivity contribution is 5.57. The Bertz CT molecular complexity index is 439. The van der Waals surface area contributed by atoms with Crippen LogP contribution >= 0.6 is 0 Å². The van der Waals surface area contributed by atoms with E-state index in [1.165, 1.54) is 0 Å². The molecule has 18 heavy (non-hydrogen) atoms. The molecule has 3 heteroatoms. The molecule has 0 atom stereocenters. The van der Waals surface area contributed by atoms with Gasteiger partial charge in [-0.3, -0.25) is 0 Å². The number of ether oxygens (including phenoxy) is 2. The second-order valence-corrected chi connectivity index (χ2v) is 3.84. The highest BCUT2D eigenvalue weighted by Gasteiger charge is 2.11. The van der Waals surface area contributed by atoms with Gasteiger partial charge in [-0.2, -0.15) is 0 Å². The van der Waals surface area contributed by atoms with Gasteiger partial charge in [0.25, 0.3) is 0 Å². The Balaban J connectivity index is 2.15. The van der Waals surface area contributed by atoms with E-state index in [-0.39, 0.29) is 6.29 Å². The first-order valence-electron chi connectivity index (χ1n) is 6.22. The summed E-state index contributed by atoms with van der Waals surface area (Å²) in [6.45, 7) is 5.18. The van der Waals surface area contributed by atoms with Crippen LogP contribution in [-0.4, -0.2) is 13.2 Å². The van der Waals surface area contributed by atoms with Crippen LogP contribution in [0.4, 0.5) is 0 Å². The summed E-state index contributed by atoms with van der Waals surface area (Å²) in [5.41, 5.74) is 2.07. The Hall–Kier alpha value is -1.58. The molecule has 0 fully saturated rings. The van der Waals surface area contributed by atoms with Gasteiger partial charge in [0, 0.05) is 24.3 Å². The second-order valence-electron chi connectivity index (χ2n) is 3.84. The van der Waals surface area contributed by atoms with E-state index in [4.69, 9.17) is 13.9 Å². The summed E-state index contributed by atoms with van der Waals surface area (Å²) < 4.78 is 16.5. The predicted molar refractivity (Wildman–Crippen MR) is 70.1 cm³/mol. The molecular weight excluding hydrogens is 228 g/mol. The van der Waals surface area contributed by atoms with E-state index in [0.717, 1.165) is 16.9 Å². The number of furan rings is 1. The summed E-state index contributed by atoms with van der Waals surface area (Å²) in [5.74, 6) is 0.867. The minimum atomic E-state index is -0.286. The van der Waals surface area contributed by atoms with Gasteiger partial charge >= 0.3 is 0 Å². The van der Waals surface area contributed by atoms with Crippen LogP contribution in [-0.2, 0) is 9.47 Å². The van der Waals surface area contributed by atoms with Crippen molar-refractivity contribution in [2.45, 2.75) is 20.1 Å². The Labute approximate surface area is 107 Å². The van der Waals surface area contributed by atoms with Gasteiger partial charge in [-0.15, -0.1) is 0 Å². The van der Waals surface area contributed by atoms with Gasteiger partial charge in [0.1, 0.15) is 5.76 Å². The van der Waals surface area contributed by atoms with E-state index in [0.29, 0.717) is 13.2 Å². The van der Waals surface area contributed by atoms with Crippen molar-refractivity contribution in [2.75, 3.05) is 13.2 Å². The van der Waals surface area contributed by atoms with Crippen molar-refractivity contribution in [3.8, 4) is 11.3 Å². The molecule has 0 amide bonds. The highest BCUT2D eigenvalue weighted by Crippen LogP contribution is 2.24. The molecule has 0 unspecified atom stereocenters. The van der Waals surface area contributed by atoms with Crippen molar-refractivity contribution >= 4 is 0 Å². The molecule has 3 nitrogen and oxygen atoms in total. The van der Waals surface area contributed by atoms with Crippen molar-refractivity contribution in [1.82, 2.24) is 0 Å². The summed E-state index contributed by atoms with van der Waals surface area (Å²) >= 11 is 0. The van der Waals surface area contributed by atoms with Gasteiger partial charge in [-0.05, 0) is 26.0 Å². The van der Waals surface area contributed by atoms with Crippen LogP contribution in [0.1, 0.15) is 25.7 Å². The fraction of sp³-hybridized carbons (Fsp3) is 0.333. The van der Waals surface area contributed by atoms with Crippen molar-refractivity contribution in [1.29, 1.82) is 0 Å². The Morgan fingerprint density at radius 3 is 2.17 bits per heavy atom. The molecular formula is C15H18O3. The van der Waals surface area contributed by atoms with Gasteiger partial charge < -0.3 is 13.9 Å². The minimum Gasteiger partial charge on any atom is -0.464 e. The number of benzene rings is 1. The lowest BCUT2D eigenvalue weighted by molar-refractivity contribution is -0.140. The minimum absolute atomic E-state index is 0.286. The summed E-state index contributed by atoms with van der Waals surface area (Å²) in [6.07, 6.45) is 1.39. The van der Waals surface area contributed by atoms with Crippen LogP contribution in [0.2, 0.25) is 0 Å². The molecule has 0 spiro atoms. The molecule has 0 aliphatic carbocycles. The lowest BCUT2D eigenvalue weighted by Gasteiger charge is -2.17. The Morgan fingerprint density at radius 2 is 1.67 bits per heavy atom.